The summed E-state index contributed by atoms with van der Waals surface area (Å²) in [5.41, 5.74) is 2.45. The number of hydrogen-bond donors (Lipinski definition) is 2. The van der Waals surface area contributed by atoms with Gasteiger partial charge in [0.15, 0.2) is 0 Å². The normalized spacial score (nSPS) is 10.2. The average molecular weight is 232 g/mol. The van der Waals surface area contributed by atoms with Crippen LogP contribution in [-0.4, -0.2) is 16.1 Å². The Balaban J connectivity index is 2.19. The molecule has 0 spiro atoms. The number of aromatic nitrogens is 1. The van der Waals surface area contributed by atoms with Crippen molar-refractivity contribution in [3.63, 3.8) is 0 Å². The van der Waals surface area contributed by atoms with E-state index in [-0.39, 0.29) is 5.56 Å². The zero-order chi connectivity index (χ0) is 12.3. The lowest BCUT2D eigenvalue weighted by Crippen LogP contribution is -2.07. The molecule has 2 heterocycles. The monoisotopic (exact) mass is 232 g/mol. The number of pyridine rings is 1. The Morgan fingerprint density at radius 2 is 2.41 bits per heavy atom. The van der Waals surface area contributed by atoms with E-state index in [1.54, 1.807) is 18.6 Å². The van der Waals surface area contributed by atoms with Crippen LogP contribution in [0.5, 0.6) is 0 Å². The number of nitrogens with one attached hydrogen (secondary N) is 1. The van der Waals surface area contributed by atoms with Crippen molar-refractivity contribution in [1.29, 1.82) is 0 Å². The summed E-state index contributed by atoms with van der Waals surface area (Å²) in [5.74, 6) is -0.993. The van der Waals surface area contributed by atoms with Gasteiger partial charge in [-0.2, -0.15) is 0 Å². The first-order valence-corrected chi connectivity index (χ1v) is 5.11. The van der Waals surface area contributed by atoms with Crippen LogP contribution in [0, 0.1) is 6.92 Å². The van der Waals surface area contributed by atoms with Crippen molar-refractivity contribution < 1.29 is 14.3 Å². The number of aryl methyl sites for hydroxylation is 1. The molecule has 0 aliphatic heterocycles. The molecule has 0 unspecified atom stereocenters. The number of hydrogen-bond acceptors (Lipinski definition) is 4. The maximum atomic E-state index is 11.0. The molecule has 5 nitrogen and oxygen atoms in total. The van der Waals surface area contributed by atoms with Crippen molar-refractivity contribution in [2.75, 3.05) is 5.32 Å². The van der Waals surface area contributed by atoms with Gasteiger partial charge in [-0.1, -0.05) is 0 Å². The fourth-order valence-corrected chi connectivity index (χ4v) is 1.47. The molecular formula is C12H12N2O3. The molecule has 88 valence electrons. The highest BCUT2D eigenvalue weighted by Crippen LogP contribution is 2.16. The molecule has 2 aromatic rings. The number of aromatic carboxylic acids is 1. The summed E-state index contributed by atoms with van der Waals surface area (Å²) in [6.07, 6.45) is 4.55. The van der Waals surface area contributed by atoms with Crippen molar-refractivity contribution in [2.45, 2.75) is 13.5 Å². The highest BCUT2D eigenvalue weighted by Gasteiger charge is 2.10. The van der Waals surface area contributed by atoms with E-state index in [0.29, 0.717) is 12.2 Å². The lowest BCUT2D eigenvalue weighted by atomic mass is 10.2. The van der Waals surface area contributed by atoms with Gasteiger partial charge in [0.25, 0.3) is 0 Å². The van der Waals surface area contributed by atoms with Gasteiger partial charge < -0.3 is 14.8 Å². The summed E-state index contributed by atoms with van der Waals surface area (Å²) < 4.78 is 4.94. The number of carboxylic acids is 1. The molecule has 0 aromatic carbocycles. The third kappa shape index (κ3) is 2.63. The topological polar surface area (TPSA) is 75.4 Å². The van der Waals surface area contributed by atoms with Crippen LogP contribution < -0.4 is 5.32 Å². The Hall–Kier alpha value is -2.30. The van der Waals surface area contributed by atoms with Gasteiger partial charge in [-0.05, 0) is 19.1 Å². The quantitative estimate of drug-likeness (QED) is 0.845. The molecule has 2 rings (SSSR count). The molecule has 0 bridgehead atoms. The molecule has 0 fully saturated rings. The molecule has 5 heteroatoms. The zero-order valence-electron chi connectivity index (χ0n) is 9.30. The minimum atomic E-state index is -0.993. The number of anilines is 1. The summed E-state index contributed by atoms with van der Waals surface area (Å²) in [6.45, 7) is 2.33. The molecule has 0 atom stereocenters. The highest BCUT2D eigenvalue weighted by atomic mass is 16.4. The second kappa shape index (κ2) is 4.69. The van der Waals surface area contributed by atoms with Crippen LogP contribution >= 0.6 is 0 Å². The smallest absolute Gasteiger partial charge is 0.339 e. The van der Waals surface area contributed by atoms with Crippen molar-refractivity contribution in [2.24, 2.45) is 0 Å². The van der Waals surface area contributed by atoms with E-state index in [2.05, 4.69) is 10.3 Å². The predicted octanol–water partition coefficient (Wildman–Crippen LogP) is 2.29. The first kappa shape index (κ1) is 11.2. The summed E-state index contributed by atoms with van der Waals surface area (Å²) >= 11 is 0. The summed E-state index contributed by atoms with van der Waals surface area (Å²) in [7, 11) is 0. The SMILES string of the molecule is Cc1cc(NCc2ccoc2)c(C(=O)O)cn1. The van der Waals surface area contributed by atoms with E-state index < -0.39 is 5.97 Å². The minimum absolute atomic E-state index is 0.166. The summed E-state index contributed by atoms with van der Waals surface area (Å²) in [4.78, 5) is 15.0. The van der Waals surface area contributed by atoms with Crippen molar-refractivity contribution >= 4 is 11.7 Å². The molecule has 17 heavy (non-hydrogen) atoms. The molecule has 2 aromatic heterocycles. The van der Waals surface area contributed by atoms with Crippen LogP contribution in [0.1, 0.15) is 21.6 Å². The van der Waals surface area contributed by atoms with Gasteiger partial charge >= 0.3 is 5.97 Å². The van der Waals surface area contributed by atoms with Gasteiger partial charge in [0.05, 0.1) is 18.2 Å². The molecule has 0 saturated heterocycles. The lowest BCUT2D eigenvalue weighted by Gasteiger charge is -2.08. The predicted molar refractivity (Wildman–Crippen MR) is 62.0 cm³/mol. The highest BCUT2D eigenvalue weighted by molar-refractivity contribution is 5.93. The Kier molecular flexibility index (Phi) is 3.09. The maximum Gasteiger partial charge on any atom is 0.339 e. The average Bonchev–Trinajstić information content (AvgIpc) is 2.78. The molecule has 0 aliphatic carbocycles. The summed E-state index contributed by atoms with van der Waals surface area (Å²) in [6, 6.07) is 3.53. The van der Waals surface area contributed by atoms with E-state index in [4.69, 9.17) is 9.52 Å². The molecular weight excluding hydrogens is 220 g/mol. The Labute approximate surface area is 98.1 Å². The third-order valence-electron chi connectivity index (χ3n) is 2.33. The van der Waals surface area contributed by atoms with Crippen LogP contribution in [0.3, 0.4) is 0 Å². The van der Waals surface area contributed by atoms with Crippen molar-refractivity contribution in [3.8, 4) is 0 Å². The van der Waals surface area contributed by atoms with E-state index in [9.17, 15) is 4.79 Å². The van der Waals surface area contributed by atoms with Crippen LogP contribution in [0.2, 0.25) is 0 Å². The van der Waals surface area contributed by atoms with E-state index >= 15 is 0 Å². The molecule has 0 radical (unpaired) electrons. The van der Waals surface area contributed by atoms with Gasteiger partial charge in [-0.3, -0.25) is 4.98 Å². The fraction of sp³-hybridized carbons (Fsp3) is 0.167. The fourth-order valence-electron chi connectivity index (χ4n) is 1.47. The molecule has 0 amide bonds. The summed E-state index contributed by atoms with van der Waals surface area (Å²) in [5, 5.41) is 12.1. The maximum absolute atomic E-state index is 11.0. The van der Waals surface area contributed by atoms with Gasteiger partial charge in [0.2, 0.25) is 0 Å². The van der Waals surface area contributed by atoms with Crippen molar-refractivity contribution in [1.82, 2.24) is 4.98 Å². The Morgan fingerprint density at radius 3 is 3.06 bits per heavy atom. The lowest BCUT2D eigenvalue weighted by molar-refractivity contribution is 0.0697. The molecule has 0 saturated carbocycles. The number of carboxylic acid groups (broad SMARTS) is 1. The van der Waals surface area contributed by atoms with Gasteiger partial charge in [-0.25, -0.2) is 4.79 Å². The van der Waals surface area contributed by atoms with Crippen LogP contribution in [0.25, 0.3) is 0 Å². The largest absolute Gasteiger partial charge is 0.478 e. The van der Waals surface area contributed by atoms with Crippen LogP contribution in [-0.2, 0) is 6.54 Å². The third-order valence-corrected chi connectivity index (χ3v) is 2.33. The van der Waals surface area contributed by atoms with Gasteiger partial charge in [-0.15, -0.1) is 0 Å². The second-order valence-electron chi connectivity index (χ2n) is 3.66. The number of rotatable bonds is 4. The number of furan rings is 1. The van der Waals surface area contributed by atoms with Gasteiger partial charge in [0, 0.05) is 24.0 Å². The zero-order valence-corrected chi connectivity index (χ0v) is 9.30. The Morgan fingerprint density at radius 1 is 1.59 bits per heavy atom. The molecule has 2 N–H and O–H groups in total. The van der Waals surface area contributed by atoms with Crippen LogP contribution in [0.4, 0.5) is 5.69 Å². The van der Waals surface area contributed by atoms with E-state index in [1.807, 2.05) is 13.0 Å². The number of carbonyl (C=O) groups is 1. The first-order chi connectivity index (χ1) is 8.16. The Bertz CT molecular complexity index is 521. The van der Waals surface area contributed by atoms with E-state index in [1.165, 1.54) is 6.20 Å². The molecule has 0 aliphatic rings. The van der Waals surface area contributed by atoms with Crippen LogP contribution in [0.15, 0.2) is 35.3 Å². The minimum Gasteiger partial charge on any atom is -0.478 e. The first-order valence-electron chi connectivity index (χ1n) is 5.11. The standard InChI is InChI=1S/C12H12N2O3/c1-8-4-11(10(6-13-8)12(15)16)14-5-9-2-3-17-7-9/h2-4,6-7H,5H2,1H3,(H,13,14)(H,15,16). The van der Waals surface area contributed by atoms with Crippen molar-refractivity contribution in [3.05, 3.63) is 47.7 Å². The number of nitrogens with zero attached hydrogens (tertiary/aromatic N) is 1. The van der Waals surface area contributed by atoms with E-state index in [0.717, 1.165) is 11.3 Å². The van der Waals surface area contributed by atoms with Gasteiger partial charge in [0.1, 0.15) is 5.56 Å². The second-order valence-corrected chi connectivity index (χ2v) is 3.66.